The van der Waals surface area contributed by atoms with E-state index in [-0.39, 0.29) is 41.4 Å². The molecule has 1 aliphatic rings. The summed E-state index contributed by atoms with van der Waals surface area (Å²) in [4.78, 5) is 32.1. The van der Waals surface area contributed by atoms with E-state index in [0.717, 1.165) is 10.5 Å². The third-order valence-corrected chi connectivity index (χ3v) is 5.55. The number of imidazole rings is 1. The van der Waals surface area contributed by atoms with Gasteiger partial charge in [0.25, 0.3) is 5.91 Å². The quantitative estimate of drug-likeness (QED) is 0.600. The Morgan fingerprint density at radius 3 is 2.58 bits per heavy atom. The number of rotatable bonds is 3. The largest absolute Gasteiger partial charge is 0.472 e. The highest BCUT2D eigenvalue weighted by Gasteiger charge is 2.37. The number of nitrogens with zero attached hydrogens (tertiary/aromatic N) is 4. The molecule has 0 atom stereocenters. The number of pyridine rings is 1. The van der Waals surface area contributed by atoms with Gasteiger partial charge < -0.3 is 14.2 Å². The van der Waals surface area contributed by atoms with E-state index in [1.807, 2.05) is 13.8 Å². The minimum absolute atomic E-state index is 0.0146. The van der Waals surface area contributed by atoms with E-state index < -0.39 is 23.3 Å². The molecule has 0 bridgehead atoms. The van der Waals surface area contributed by atoms with Crippen LogP contribution in [0.15, 0.2) is 35.3 Å². The number of furan rings is 1. The lowest BCUT2D eigenvalue weighted by atomic mass is 10.1. The number of hydrogen-bond donors (Lipinski definition) is 0. The van der Waals surface area contributed by atoms with Crippen LogP contribution in [0.1, 0.15) is 29.9 Å². The molecule has 7 nitrogen and oxygen atoms in total. The van der Waals surface area contributed by atoms with E-state index in [9.17, 15) is 22.8 Å². The van der Waals surface area contributed by atoms with Crippen molar-refractivity contribution in [3.8, 4) is 11.1 Å². The molecule has 4 heterocycles. The standard InChI is InChI=1S/C20H18ClF3N4O3/c1-11(2)27-5-4-26(9-15(27)29)19(30)16-17(21)28-8-13(12-3-6-31-10-12)7-14(18(28)25-16)20(22,23)24/h3,6-8,10-11H,4-5,9H2,1-2H3. The van der Waals surface area contributed by atoms with Crippen molar-refractivity contribution in [3.05, 3.63) is 47.3 Å². The number of aromatic nitrogens is 2. The lowest BCUT2D eigenvalue weighted by molar-refractivity contribution is -0.137. The first-order valence-corrected chi connectivity index (χ1v) is 9.86. The zero-order valence-electron chi connectivity index (χ0n) is 16.6. The molecule has 31 heavy (non-hydrogen) atoms. The fraction of sp³-hybridized carbons (Fsp3) is 0.350. The average molecular weight is 455 g/mol. The van der Waals surface area contributed by atoms with Gasteiger partial charge in [0.05, 0.1) is 18.1 Å². The van der Waals surface area contributed by atoms with Gasteiger partial charge >= 0.3 is 6.18 Å². The maximum atomic E-state index is 13.7. The van der Waals surface area contributed by atoms with E-state index in [1.165, 1.54) is 29.7 Å². The summed E-state index contributed by atoms with van der Waals surface area (Å²) in [5.41, 5.74) is -1.23. The topological polar surface area (TPSA) is 71.1 Å². The second kappa shape index (κ2) is 7.60. The number of alkyl halides is 3. The molecule has 11 heteroatoms. The zero-order chi connectivity index (χ0) is 22.5. The Kier molecular flexibility index (Phi) is 5.20. The van der Waals surface area contributed by atoms with Gasteiger partial charge in [-0.1, -0.05) is 11.6 Å². The minimum atomic E-state index is -4.73. The van der Waals surface area contributed by atoms with Gasteiger partial charge in [0.15, 0.2) is 11.3 Å². The van der Waals surface area contributed by atoms with Crippen molar-refractivity contribution < 1.29 is 27.2 Å². The van der Waals surface area contributed by atoms with Crippen molar-refractivity contribution in [1.82, 2.24) is 19.2 Å². The van der Waals surface area contributed by atoms with Crippen molar-refractivity contribution in [2.75, 3.05) is 19.6 Å². The molecule has 0 spiro atoms. The number of amides is 2. The summed E-state index contributed by atoms with van der Waals surface area (Å²) < 4.78 is 47.2. The second-order valence-corrected chi connectivity index (χ2v) is 7.86. The number of hydrogen-bond acceptors (Lipinski definition) is 4. The van der Waals surface area contributed by atoms with Gasteiger partial charge in [-0.25, -0.2) is 4.98 Å². The van der Waals surface area contributed by atoms with Crippen LogP contribution in [0.5, 0.6) is 0 Å². The van der Waals surface area contributed by atoms with Gasteiger partial charge in [-0.3, -0.25) is 14.0 Å². The Labute approximate surface area is 180 Å². The molecule has 0 N–H and O–H groups in total. The molecule has 0 aliphatic carbocycles. The van der Waals surface area contributed by atoms with Gasteiger partial charge in [0, 0.05) is 36.5 Å². The zero-order valence-corrected chi connectivity index (χ0v) is 17.4. The lowest BCUT2D eigenvalue weighted by Crippen LogP contribution is -2.54. The second-order valence-electron chi connectivity index (χ2n) is 7.50. The molecule has 2 amide bonds. The first-order valence-electron chi connectivity index (χ1n) is 9.48. The van der Waals surface area contributed by atoms with Gasteiger partial charge in [-0.05, 0) is 26.0 Å². The van der Waals surface area contributed by atoms with Crippen molar-refractivity contribution in [3.63, 3.8) is 0 Å². The molecule has 1 aliphatic heterocycles. The predicted molar refractivity (Wildman–Crippen MR) is 106 cm³/mol. The molecule has 1 fully saturated rings. The maximum Gasteiger partial charge on any atom is 0.420 e. The van der Waals surface area contributed by atoms with Crippen LogP contribution in [0.2, 0.25) is 5.15 Å². The number of piperazine rings is 1. The number of fused-ring (bicyclic) bond motifs is 1. The van der Waals surface area contributed by atoms with Crippen molar-refractivity contribution in [2.45, 2.75) is 26.1 Å². The summed E-state index contributed by atoms with van der Waals surface area (Å²) in [6, 6.07) is 2.43. The molecular formula is C20H18ClF3N4O3. The Bertz CT molecular complexity index is 1150. The molecule has 4 rings (SSSR count). The predicted octanol–water partition coefficient (Wildman–Crippen LogP) is 3.96. The third kappa shape index (κ3) is 3.76. The number of halogens is 4. The van der Waals surface area contributed by atoms with Crippen molar-refractivity contribution in [2.24, 2.45) is 0 Å². The van der Waals surface area contributed by atoms with Gasteiger partial charge in [0.1, 0.15) is 11.7 Å². The van der Waals surface area contributed by atoms with E-state index >= 15 is 0 Å². The SMILES string of the molecule is CC(C)N1CCN(C(=O)c2nc3c(C(F)(F)F)cc(-c4ccoc4)cn3c2Cl)CC1=O. The van der Waals surface area contributed by atoms with Crippen LogP contribution < -0.4 is 0 Å². The fourth-order valence-electron chi connectivity index (χ4n) is 3.60. The van der Waals surface area contributed by atoms with Crippen LogP contribution in [0.3, 0.4) is 0 Å². The fourth-order valence-corrected chi connectivity index (χ4v) is 3.86. The molecule has 3 aromatic rings. The Balaban J connectivity index is 1.77. The first kappa shape index (κ1) is 21.2. The Morgan fingerprint density at radius 2 is 2.00 bits per heavy atom. The number of carbonyl (C=O) groups excluding carboxylic acids is 2. The smallest absolute Gasteiger partial charge is 0.420 e. The van der Waals surface area contributed by atoms with Crippen LogP contribution in [-0.2, 0) is 11.0 Å². The summed E-state index contributed by atoms with van der Waals surface area (Å²) in [7, 11) is 0. The highest BCUT2D eigenvalue weighted by molar-refractivity contribution is 6.33. The summed E-state index contributed by atoms with van der Waals surface area (Å²) in [5, 5.41) is -0.255. The van der Waals surface area contributed by atoms with Crippen LogP contribution in [0.25, 0.3) is 16.8 Å². The van der Waals surface area contributed by atoms with E-state index in [4.69, 9.17) is 16.0 Å². The lowest BCUT2D eigenvalue weighted by Gasteiger charge is -2.36. The average Bonchev–Trinajstić information content (AvgIpc) is 3.34. The first-order chi connectivity index (χ1) is 14.6. The van der Waals surface area contributed by atoms with Crippen LogP contribution in [-0.4, -0.2) is 56.7 Å². The monoisotopic (exact) mass is 454 g/mol. The van der Waals surface area contributed by atoms with Crippen LogP contribution >= 0.6 is 11.6 Å². The van der Waals surface area contributed by atoms with Gasteiger partial charge in [0.2, 0.25) is 5.91 Å². The molecule has 0 radical (unpaired) electrons. The molecule has 0 unspecified atom stereocenters. The summed E-state index contributed by atoms with van der Waals surface area (Å²) in [5.74, 6) is -0.934. The van der Waals surface area contributed by atoms with E-state index in [2.05, 4.69) is 4.98 Å². The van der Waals surface area contributed by atoms with E-state index in [1.54, 1.807) is 4.90 Å². The molecule has 3 aromatic heterocycles. The van der Waals surface area contributed by atoms with Crippen LogP contribution in [0, 0.1) is 0 Å². The molecule has 0 aromatic carbocycles. The summed E-state index contributed by atoms with van der Waals surface area (Å²) in [6.45, 7) is 4.11. The minimum Gasteiger partial charge on any atom is -0.472 e. The van der Waals surface area contributed by atoms with Crippen LogP contribution in [0.4, 0.5) is 13.2 Å². The summed E-state index contributed by atoms with van der Waals surface area (Å²) >= 11 is 6.31. The molecular weight excluding hydrogens is 437 g/mol. The van der Waals surface area contributed by atoms with E-state index in [0.29, 0.717) is 12.1 Å². The van der Waals surface area contributed by atoms with Gasteiger partial charge in [-0.15, -0.1) is 0 Å². The van der Waals surface area contributed by atoms with Crippen molar-refractivity contribution >= 4 is 29.1 Å². The molecule has 164 valence electrons. The third-order valence-electron chi connectivity index (χ3n) is 5.19. The highest BCUT2D eigenvalue weighted by Crippen LogP contribution is 2.37. The summed E-state index contributed by atoms with van der Waals surface area (Å²) in [6.07, 6.45) is -0.721. The Morgan fingerprint density at radius 1 is 1.26 bits per heavy atom. The number of carbonyl (C=O) groups is 2. The highest BCUT2D eigenvalue weighted by atomic mass is 35.5. The van der Waals surface area contributed by atoms with Crippen molar-refractivity contribution in [1.29, 1.82) is 0 Å². The van der Waals surface area contributed by atoms with Gasteiger partial charge in [-0.2, -0.15) is 13.2 Å². The maximum absolute atomic E-state index is 13.7. The normalized spacial score (nSPS) is 15.4. The molecule has 1 saturated heterocycles. The molecule has 0 saturated carbocycles. The Hall–Kier alpha value is -3.01.